The zero-order chi connectivity index (χ0) is 11.8. The van der Waals surface area contributed by atoms with E-state index in [9.17, 15) is 5.11 Å². The molecule has 3 saturated carbocycles. The standard InChI is InChI=1S/C15H26O/c1-12(2)5-6-13(3,10-12)15-8-7-14(4,16)11(15)9-15/h11,16H,5-10H2,1-4H3. The molecule has 0 amide bonds. The van der Waals surface area contributed by atoms with E-state index in [2.05, 4.69) is 27.7 Å². The van der Waals surface area contributed by atoms with Crippen molar-refractivity contribution in [1.29, 1.82) is 0 Å². The summed E-state index contributed by atoms with van der Waals surface area (Å²) < 4.78 is 0. The lowest BCUT2D eigenvalue weighted by atomic mass is 9.69. The summed E-state index contributed by atoms with van der Waals surface area (Å²) in [5, 5.41) is 10.4. The second-order valence-electron chi connectivity index (χ2n) is 8.17. The van der Waals surface area contributed by atoms with E-state index in [4.69, 9.17) is 0 Å². The predicted molar refractivity (Wildman–Crippen MR) is 66.1 cm³/mol. The Morgan fingerprint density at radius 3 is 2.00 bits per heavy atom. The van der Waals surface area contributed by atoms with Crippen LogP contribution < -0.4 is 0 Å². The molecular weight excluding hydrogens is 196 g/mol. The molecule has 0 heterocycles. The van der Waals surface area contributed by atoms with E-state index >= 15 is 0 Å². The van der Waals surface area contributed by atoms with Crippen LogP contribution in [0.4, 0.5) is 0 Å². The molecule has 4 unspecified atom stereocenters. The minimum absolute atomic E-state index is 0.351. The van der Waals surface area contributed by atoms with Crippen molar-refractivity contribution < 1.29 is 5.11 Å². The molecule has 0 aliphatic heterocycles. The van der Waals surface area contributed by atoms with E-state index in [0.717, 1.165) is 6.42 Å². The smallest absolute Gasteiger partial charge is 0.0653 e. The summed E-state index contributed by atoms with van der Waals surface area (Å²) in [6, 6.07) is 0. The van der Waals surface area contributed by atoms with Gasteiger partial charge in [0.2, 0.25) is 0 Å². The molecule has 0 aromatic rings. The molecule has 0 aromatic carbocycles. The van der Waals surface area contributed by atoms with Crippen molar-refractivity contribution in [2.24, 2.45) is 22.2 Å². The molecule has 1 heteroatoms. The molecular formula is C15H26O. The first-order valence-electron chi connectivity index (χ1n) is 6.93. The maximum Gasteiger partial charge on any atom is 0.0653 e. The second kappa shape index (κ2) is 2.68. The van der Waals surface area contributed by atoms with Gasteiger partial charge in [0.15, 0.2) is 0 Å². The molecule has 3 aliphatic rings. The third kappa shape index (κ3) is 1.21. The summed E-state index contributed by atoms with van der Waals surface area (Å²) in [4.78, 5) is 0. The Morgan fingerprint density at radius 1 is 0.938 bits per heavy atom. The van der Waals surface area contributed by atoms with Crippen LogP contribution in [-0.2, 0) is 0 Å². The third-order valence-electron chi connectivity index (χ3n) is 6.33. The zero-order valence-electron chi connectivity index (χ0n) is 11.3. The molecule has 0 spiro atoms. The largest absolute Gasteiger partial charge is 0.390 e. The van der Waals surface area contributed by atoms with E-state index in [1.807, 2.05) is 0 Å². The van der Waals surface area contributed by atoms with Gasteiger partial charge in [0.1, 0.15) is 0 Å². The molecule has 0 radical (unpaired) electrons. The summed E-state index contributed by atoms with van der Waals surface area (Å²) in [5.41, 5.74) is 1.22. The van der Waals surface area contributed by atoms with Gasteiger partial charge in [-0.25, -0.2) is 0 Å². The Hall–Kier alpha value is -0.0400. The summed E-state index contributed by atoms with van der Waals surface area (Å²) in [6.07, 6.45) is 7.73. The molecule has 3 rings (SSSR count). The first kappa shape index (κ1) is 11.1. The number of rotatable bonds is 1. The van der Waals surface area contributed by atoms with Gasteiger partial charge >= 0.3 is 0 Å². The predicted octanol–water partition coefficient (Wildman–Crippen LogP) is 3.75. The lowest BCUT2D eigenvalue weighted by Crippen LogP contribution is -2.29. The van der Waals surface area contributed by atoms with E-state index < -0.39 is 0 Å². The van der Waals surface area contributed by atoms with Crippen LogP contribution in [0.15, 0.2) is 0 Å². The highest BCUT2D eigenvalue weighted by Gasteiger charge is 2.73. The molecule has 16 heavy (non-hydrogen) atoms. The second-order valence-corrected chi connectivity index (χ2v) is 8.17. The first-order valence-corrected chi connectivity index (χ1v) is 6.93. The Bertz CT molecular complexity index is 326. The van der Waals surface area contributed by atoms with E-state index in [1.165, 1.54) is 32.1 Å². The Balaban J connectivity index is 1.86. The van der Waals surface area contributed by atoms with Crippen molar-refractivity contribution >= 4 is 0 Å². The molecule has 1 nitrogen and oxygen atoms in total. The fourth-order valence-electron chi connectivity index (χ4n) is 5.29. The Kier molecular flexibility index (Phi) is 1.86. The summed E-state index contributed by atoms with van der Waals surface area (Å²) in [7, 11) is 0. The van der Waals surface area contributed by atoms with Crippen molar-refractivity contribution in [2.75, 3.05) is 0 Å². The Morgan fingerprint density at radius 2 is 1.62 bits per heavy atom. The van der Waals surface area contributed by atoms with Crippen molar-refractivity contribution in [2.45, 2.75) is 71.8 Å². The van der Waals surface area contributed by atoms with Crippen LogP contribution in [0, 0.1) is 22.2 Å². The minimum Gasteiger partial charge on any atom is -0.390 e. The van der Waals surface area contributed by atoms with Crippen LogP contribution in [0.2, 0.25) is 0 Å². The fourth-order valence-corrected chi connectivity index (χ4v) is 5.29. The highest BCUT2D eigenvalue weighted by molar-refractivity contribution is 5.22. The fraction of sp³-hybridized carbons (Fsp3) is 1.00. The number of hydrogen-bond donors (Lipinski definition) is 1. The minimum atomic E-state index is -0.351. The average molecular weight is 222 g/mol. The van der Waals surface area contributed by atoms with Crippen LogP contribution in [-0.4, -0.2) is 10.7 Å². The number of hydrogen-bond acceptors (Lipinski definition) is 1. The van der Waals surface area contributed by atoms with Crippen LogP contribution in [0.3, 0.4) is 0 Å². The molecule has 92 valence electrons. The summed E-state index contributed by atoms with van der Waals surface area (Å²) >= 11 is 0. The maximum absolute atomic E-state index is 10.4. The zero-order valence-corrected chi connectivity index (χ0v) is 11.3. The van der Waals surface area contributed by atoms with Gasteiger partial charge in [-0.05, 0) is 67.6 Å². The molecule has 3 aliphatic carbocycles. The first-order chi connectivity index (χ1) is 7.21. The number of fused-ring (bicyclic) bond motifs is 1. The van der Waals surface area contributed by atoms with Gasteiger partial charge in [-0.3, -0.25) is 0 Å². The molecule has 1 N–H and O–H groups in total. The monoisotopic (exact) mass is 222 g/mol. The maximum atomic E-state index is 10.4. The van der Waals surface area contributed by atoms with Crippen LogP contribution in [0.25, 0.3) is 0 Å². The van der Waals surface area contributed by atoms with Crippen molar-refractivity contribution in [1.82, 2.24) is 0 Å². The van der Waals surface area contributed by atoms with Gasteiger partial charge in [-0.15, -0.1) is 0 Å². The van der Waals surface area contributed by atoms with Gasteiger partial charge in [-0.1, -0.05) is 20.8 Å². The van der Waals surface area contributed by atoms with Gasteiger partial charge < -0.3 is 5.11 Å². The molecule has 0 bridgehead atoms. The summed E-state index contributed by atoms with van der Waals surface area (Å²) in [5.74, 6) is 0.610. The Labute approximate surface area is 99.6 Å². The highest BCUT2D eigenvalue weighted by atomic mass is 16.3. The van der Waals surface area contributed by atoms with Gasteiger partial charge in [0.05, 0.1) is 5.60 Å². The van der Waals surface area contributed by atoms with Crippen molar-refractivity contribution in [3.63, 3.8) is 0 Å². The van der Waals surface area contributed by atoms with Crippen molar-refractivity contribution in [3.05, 3.63) is 0 Å². The van der Waals surface area contributed by atoms with Gasteiger partial charge in [0.25, 0.3) is 0 Å². The van der Waals surface area contributed by atoms with Crippen molar-refractivity contribution in [3.8, 4) is 0 Å². The quantitative estimate of drug-likeness (QED) is 0.716. The van der Waals surface area contributed by atoms with Crippen LogP contribution >= 0.6 is 0 Å². The average Bonchev–Trinajstić information content (AvgIpc) is 2.75. The van der Waals surface area contributed by atoms with Crippen LogP contribution in [0.1, 0.15) is 66.2 Å². The van der Waals surface area contributed by atoms with Gasteiger partial charge in [-0.2, -0.15) is 0 Å². The SMILES string of the molecule is CC1(C)CCC(C)(C23CCC(C)(O)C2C3)C1. The third-order valence-corrected chi connectivity index (χ3v) is 6.33. The molecule has 0 aromatic heterocycles. The topological polar surface area (TPSA) is 20.2 Å². The molecule has 4 atom stereocenters. The highest BCUT2D eigenvalue weighted by Crippen LogP contribution is 2.78. The van der Waals surface area contributed by atoms with E-state index in [0.29, 0.717) is 22.2 Å². The van der Waals surface area contributed by atoms with Gasteiger partial charge in [0, 0.05) is 0 Å². The molecule has 3 fully saturated rings. The van der Waals surface area contributed by atoms with Crippen LogP contribution in [0.5, 0.6) is 0 Å². The molecule has 0 saturated heterocycles. The van der Waals surface area contributed by atoms with E-state index in [1.54, 1.807) is 0 Å². The lowest BCUT2D eigenvalue weighted by molar-refractivity contribution is 0.0385. The lowest BCUT2D eigenvalue weighted by Gasteiger charge is -2.35. The number of aliphatic hydroxyl groups is 1. The summed E-state index contributed by atoms with van der Waals surface area (Å²) in [6.45, 7) is 9.40. The van der Waals surface area contributed by atoms with E-state index in [-0.39, 0.29) is 5.60 Å². The normalized spacial score (nSPS) is 58.7.